The number of aromatic nitrogens is 2. The van der Waals surface area contributed by atoms with E-state index in [1.165, 1.54) is 23.5 Å². The molecule has 166 valence electrons. The summed E-state index contributed by atoms with van der Waals surface area (Å²) in [5, 5.41) is 11.6. The number of hydrogen-bond acceptors (Lipinski definition) is 8. The molecule has 1 N–H and O–H groups in total. The quantitative estimate of drug-likeness (QED) is 0.422. The van der Waals surface area contributed by atoms with Crippen LogP contribution in [0.5, 0.6) is 0 Å². The van der Waals surface area contributed by atoms with Crippen LogP contribution in [0.15, 0.2) is 24.3 Å². The van der Waals surface area contributed by atoms with Crippen molar-refractivity contribution < 1.29 is 22.8 Å². The Morgan fingerprint density at radius 2 is 1.77 bits per heavy atom. The molecule has 1 aliphatic rings. The minimum absolute atomic E-state index is 0.193. The Labute approximate surface area is 184 Å². The number of carbonyl (C=O) groups excluding carboxylic acids is 3. The molecular weight excluding hydrogens is 440 g/mol. The molecule has 3 rings (SSSR count). The molecule has 2 aromatic rings. The zero-order valence-corrected chi connectivity index (χ0v) is 19.0. The van der Waals surface area contributed by atoms with Gasteiger partial charge in [-0.1, -0.05) is 43.2 Å². The second-order valence-electron chi connectivity index (χ2n) is 7.41. The highest BCUT2D eigenvalue weighted by Gasteiger charge is 2.43. The first-order valence-electron chi connectivity index (χ1n) is 9.99. The van der Waals surface area contributed by atoms with Crippen LogP contribution in [0.1, 0.15) is 58.3 Å². The number of hydrogen-bond donors (Lipinski definition) is 1. The number of anilines is 1. The first-order valence-corrected chi connectivity index (χ1v) is 12.9. The Kier molecular flexibility index (Phi) is 7.16. The van der Waals surface area contributed by atoms with E-state index < -0.39 is 33.6 Å². The predicted molar refractivity (Wildman–Crippen MR) is 117 cm³/mol. The molecule has 1 aromatic carbocycles. The fourth-order valence-corrected chi connectivity index (χ4v) is 4.75. The van der Waals surface area contributed by atoms with Crippen LogP contribution in [0.4, 0.5) is 5.13 Å². The van der Waals surface area contributed by atoms with E-state index in [0.717, 1.165) is 41.8 Å². The van der Waals surface area contributed by atoms with Crippen LogP contribution >= 0.6 is 11.3 Å². The Morgan fingerprint density at radius 1 is 1.13 bits per heavy atom. The number of nitrogens with one attached hydrogen (secondary N) is 1. The summed E-state index contributed by atoms with van der Waals surface area (Å²) in [6.07, 6.45) is 4.68. The van der Waals surface area contributed by atoms with E-state index in [0.29, 0.717) is 0 Å². The number of carbonyl (C=O) groups is 3. The van der Waals surface area contributed by atoms with E-state index in [2.05, 4.69) is 22.4 Å². The van der Waals surface area contributed by atoms with Gasteiger partial charge in [-0.2, -0.15) is 0 Å². The van der Waals surface area contributed by atoms with E-state index >= 15 is 0 Å². The molecule has 0 bridgehead atoms. The van der Waals surface area contributed by atoms with Crippen LogP contribution in [-0.4, -0.2) is 59.3 Å². The average Bonchev–Trinajstić information content (AvgIpc) is 3.25. The smallest absolute Gasteiger partial charge is 0.262 e. The molecule has 0 spiro atoms. The van der Waals surface area contributed by atoms with Gasteiger partial charge in [0.2, 0.25) is 11.0 Å². The van der Waals surface area contributed by atoms with Crippen molar-refractivity contribution in [3.05, 3.63) is 40.4 Å². The zero-order chi connectivity index (χ0) is 22.6. The number of fused-ring (bicyclic) bond motifs is 1. The SMILES string of the molecule is CCCCCc1nnc(NC(=O)[C@H](CCS(C)(=O)=O)N2C(=O)c3ccccc3C2=O)s1. The monoisotopic (exact) mass is 464 g/mol. The molecule has 0 saturated heterocycles. The lowest BCUT2D eigenvalue weighted by atomic mass is 10.1. The molecule has 0 unspecified atom stereocenters. The van der Waals surface area contributed by atoms with E-state index in [-0.39, 0.29) is 28.4 Å². The minimum Gasteiger partial charge on any atom is -0.299 e. The third-order valence-electron chi connectivity index (χ3n) is 4.89. The second kappa shape index (κ2) is 9.65. The maximum absolute atomic E-state index is 13.0. The van der Waals surface area contributed by atoms with E-state index in [4.69, 9.17) is 0 Å². The molecular formula is C20H24N4O5S2. The summed E-state index contributed by atoms with van der Waals surface area (Å²) in [6.45, 7) is 2.10. The summed E-state index contributed by atoms with van der Waals surface area (Å²) in [5.41, 5.74) is 0.387. The van der Waals surface area contributed by atoms with Crippen molar-refractivity contribution in [2.45, 2.75) is 45.1 Å². The third kappa shape index (κ3) is 5.53. The molecule has 0 aliphatic carbocycles. The fourth-order valence-electron chi connectivity index (χ4n) is 3.31. The molecule has 1 aliphatic heterocycles. The van der Waals surface area contributed by atoms with Gasteiger partial charge in [0.05, 0.1) is 16.9 Å². The summed E-state index contributed by atoms with van der Waals surface area (Å²) >= 11 is 1.22. The van der Waals surface area contributed by atoms with Gasteiger partial charge in [-0.25, -0.2) is 8.42 Å². The molecule has 31 heavy (non-hydrogen) atoms. The second-order valence-corrected chi connectivity index (χ2v) is 10.7. The number of unbranched alkanes of at least 4 members (excludes halogenated alkanes) is 2. The number of amides is 3. The van der Waals surface area contributed by atoms with Crippen LogP contribution in [0.2, 0.25) is 0 Å². The van der Waals surface area contributed by atoms with Gasteiger partial charge in [0.1, 0.15) is 20.9 Å². The summed E-state index contributed by atoms with van der Waals surface area (Å²) in [7, 11) is -3.42. The molecule has 0 radical (unpaired) electrons. The number of sulfone groups is 1. The van der Waals surface area contributed by atoms with Gasteiger partial charge in [0.25, 0.3) is 11.8 Å². The summed E-state index contributed by atoms with van der Waals surface area (Å²) < 4.78 is 23.4. The van der Waals surface area contributed by atoms with Gasteiger partial charge in [0.15, 0.2) is 0 Å². The fraction of sp³-hybridized carbons (Fsp3) is 0.450. The molecule has 0 fully saturated rings. The Bertz CT molecular complexity index is 1060. The highest BCUT2D eigenvalue weighted by atomic mass is 32.2. The van der Waals surface area contributed by atoms with Crippen molar-refractivity contribution >= 4 is 44.0 Å². The standard InChI is InChI=1S/C20H24N4O5S2/c1-3-4-5-10-16-22-23-20(30-16)21-17(25)15(11-12-31(2,28)29)24-18(26)13-8-6-7-9-14(13)19(24)27/h6-9,15H,3-5,10-12H2,1-2H3,(H,21,23,25)/t15-/m0/s1. The number of benzene rings is 1. The van der Waals surface area contributed by atoms with Gasteiger partial charge in [-0.3, -0.25) is 24.6 Å². The molecule has 11 heteroatoms. The zero-order valence-electron chi connectivity index (χ0n) is 17.3. The van der Waals surface area contributed by atoms with Gasteiger partial charge in [-0.05, 0) is 25.0 Å². The topological polar surface area (TPSA) is 126 Å². The lowest BCUT2D eigenvalue weighted by Crippen LogP contribution is -2.48. The normalized spacial score (nSPS) is 14.6. The minimum atomic E-state index is -3.42. The van der Waals surface area contributed by atoms with Crippen molar-refractivity contribution in [3.8, 4) is 0 Å². The summed E-state index contributed by atoms with van der Waals surface area (Å²) in [6, 6.07) is 4.98. The molecule has 0 saturated carbocycles. The maximum Gasteiger partial charge on any atom is 0.262 e. The molecule has 1 atom stereocenters. The van der Waals surface area contributed by atoms with Crippen LogP contribution in [0.25, 0.3) is 0 Å². The molecule has 9 nitrogen and oxygen atoms in total. The van der Waals surface area contributed by atoms with Crippen LogP contribution < -0.4 is 5.32 Å². The highest BCUT2D eigenvalue weighted by molar-refractivity contribution is 7.90. The molecule has 2 heterocycles. The van der Waals surface area contributed by atoms with Gasteiger partial charge < -0.3 is 0 Å². The summed E-state index contributed by atoms with van der Waals surface area (Å²) in [5.74, 6) is -2.26. The van der Waals surface area contributed by atoms with Crippen LogP contribution in [-0.2, 0) is 21.1 Å². The number of nitrogens with zero attached hydrogens (tertiary/aromatic N) is 3. The highest BCUT2D eigenvalue weighted by Crippen LogP contribution is 2.27. The first-order chi connectivity index (χ1) is 14.7. The molecule has 3 amide bonds. The van der Waals surface area contributed by atoms with Gasteiger partial charge >= 0.3 is 0 Å². The molecule has 1 aromatic heterocycles. The largest absolute Gasteiger partial charge is 0.299 e. The number of aryl methyl sites for hydroxylation is 1. The number of rotatable bonds is 10. The predicted octanol–water partition coefficient (Wildman–Crippen LogP) is 2.31. The Balaban J connectivity index is 1.80. The first kappa shape index (κ1) is 23.0. The lowest BCUT2D eigenvalue weighted by Gasteiger charge is -2.24. The lowest BCUT2D eigenvalue weighted by molar-refractivity contribution is -0.120. The van der Waals surface area contributed by atoms with Crippen molar-refractivity contribution in [3.63, 3.8) is 0 Å². The number of imide groups is 1. The van der Waals surface area contributed by atoms with Crippen LogP contribution in [0, 0.1) is 0 Å². The summed E-state index contributed by atoms with van der Waals surface area (Å²) in [4.78, 5) is 39.5. The third-order valence-corrected chi connectivity index (χ3v) is 6.77. The van der Waals surface area contributed by atoms with E-state index in [9.17, 15) is 22.8 Å². The van der Waals surface area contributed by atoms with E-state index in [1.807, 2.05) is 0 Å². The van der Waals surface area contributed by atoms with Crippen LogP contribution in [0.3, 0.4) is 0 Å². The maximum atomic E-state index is 13.0. The van der Waals surface area contributed by atoms with Gasteiger partial charge in [0, 0.05) is 12.7 Å². The Morgan fingerprint density at radius 3 is 2.35 bits per heavy atom. The van der Waals surface area contributed by atoms with E-state index in [1.54, 1.807) is 12.1 Å². The Hall–Kier alpha value is -2.66. The van der Waals surface area contributed by atoms with Crippen molar-refractivity contribution in [1.29, 1.82) is 0 Å². The average molecular weight is 465 g/mol. The van der Waals surface area contributed by atoms with Crippen molar-refractivity contribution in [2.75, 3.05) is 17.3 Å². The van der Waals surface area contributed by atoms with Gasteiger partial charge in [-0.15, -0.1) is 10.2 Å². The van der Waals surface area contributed by atoms with Crippen molar-refractivity contribution in [2.24, 2.45) is 0 Å². The van der Waals surface area contributed by atoms with Crippen molar-refractivity contribution in [1.82, 2.24) is 15.1 Å².